The highest BCUT2D eigenvalue weighted by atomic mass is 35.5. The van der Waals surface area contributed by atoms with Crippen LogP contribution in [0.25, 0.3) is 0 Å². The predicted octanol–water partition coefficient (Wildman–Crippen LogP) is 4.47. The summed E-state index contributed by atoms with van der Waals surface area (Å²) in [6, 6.07) is 12.7. The van der Waals surface area contributed by atoms with Gasteiger partial charge in [0.2, 0.25) is 11.8 Å². The first-order valence-electron chi connectivity index (χ1n) is 11.7. The number of benzene rings is 2. The summed E-state index contributed by atoms with van der Waals surface area (Å²) in [5.41, 5.74) is 2.69. The average molecular weight is 485 g/mol. The molecule has 0 radical (unpaired) electrons. The first-order chi connectivity index (χ1) is 16.3. The normalized spacial score (nSPS) is 13.7. The minimum atomic E-state index is -0.218. The molecule has 0 unspecified atom stereocenters. The molecule has 0 saturated heterocycles. The Hall–Kier alpha value is -3.06. The fourth-order valence-corrected chi connectivity index (χ4v) is 4.19. The van der Waals surface area contributed by atoms with Crippen LogP contribution in [0.2, 0.25) is 5.02 Å². The molecular weight excluding hydrogens is 452 g/mol. The van der Waals surface area contributed by atoms with Crippen molar-refractivity contribution in [1.82, 2.24) is 10.2 Å². The summed E-state index contributed by atoms with van der Waals surface area (Å²) < 4.78 is 0. The van der Waals surface area contributed by atoms with E-state index in [1.165, 1.54) is 6.42 Å². The summed E-state index contributed by atoms with van der Waals surface area (Å²) in [7, 11) is 3.47. The summed E-state index contributed by atoms with van der Waals surface area (Å²) >= 11 is 6.26. The van der Waals surface area contributed by atoms with E-state index in [4.69, 9.17) is 11.6 Å². The number of hydrogen-bond acceptors (Lipinski definition) is 4. The van der Waals surface area contributed by atoms with E-state index in [1.807, 2.05) is 24.3 Å². The third kappa shape index (κ3) is 7.76. The van der Waals surface area contributed by atoms with E-state index in [-0.39, 0.29) is 30.3 Å². The Morgan fingerprint density at radius 1 is 1.00 bits per heavy atom. The Kier molecular flexibility index (Phi) is 9.33. The van der Waals surface area contributed by atoms with Gasteiger partial charge in [0.1, 0.15) is 0 Å². The van der Waals surface area contributed by atoms with Crippen LogP contribution in [0.15, 0.2) is 42.5 Å². The fraction of sp³-hybridized carbons (Fsp3) is 0.423. The van der Waals surface area contributed by atoms with Crippen LogP contribution in [0.3, 0.4) is 0 Å². The highest BCUT2D eigenvalue weighted by Gasteiger charge is 2.18. The van der Waals surface area contributed by atoms with Crippen molar-refractivity contribution in [2.45, 2.75) is 51.0 Å². The van der Waals surface area contributed by atoms with Crippen molar-refractivity contribution in [3.8, 4) is 0 Å². The molecular formula is C26H33ClN4O3. The van der Waals surface area contributed by atoms with Crippen molar-refractivity contribution in [3.63, 3.8) is 0 Å². The molecule has 0 aliphatic heterocycles. The number of nitrogens with one attached hydrogen (secondary N) is 3. The smallest absolute Gasteiger partial charge is 0.253 e. The first kappa shape index (κ1) is 25.6. The SMILES string of the molecule is CN(C)C(=O)CCc1cccc(NC(=O)CNc2ccc(Cl)c(C(=O)NC3CCCCC3)c2)c1. The van der Waals surface area contributed by atoms with Crippen molar-refractivity contribution in [2.75, 3.05) is 31.3 Å². The second kappa shape index (κ2) is 12.4. The maximum absolute atomic E-state index is 12.7. The third-order valence-electron chi connectivity index (χ3n) is 5.94. The number of hydrogen-bond donors (Lipinski definition) is 3. The van der Waals surface area contributed by atoms with Gasteiger partial charge in [-0.05, 0) is 55.2 Å². The van der Waals surface area contributed by atoms with Crippen molar-refractivity contribution >= 4 is 40.7 Å². The van der Waals surface area contributed by atoms with Crippen LogP contribution in [0, 0.1) is 0 Å². The van der Waals surface area contributed by atoms with Gasteiger partial charge in [-0.3, -0.25) is 14.4 Å². The second-order valence-electron chi connectivity index (χ2n) is 8.89. The lowest BCUT2D eigenvalue weighted by Gasteiger charge is -2.23. The number of halogens is 1. The Morgan fingerprint density at radius 3 is 2.50 bits per heavy atom. The quantitative estimate of drug-likeness (QED) is 0.489. The number of aryl methyl sites for hydroxylation is 1. The molecule has 182 valence electrons. The van der Waals surface area contributed by atoms with Gasteiger partial charge in [-0.1, -0.05) is 43.0 Å². The van der Waals surface area contributed by atoms with Gasteiger partial charge in [0.05, 0.1) is 17.1 Å². The monoisotopic (exact) mass is 484 g/mol. The number of nitrogens with zero attached hydrogens (tertiary/aromatic N) is 1. The molecule has 1 saturated carbocycles. The lowest BCUT2D eigenvalue weighted by molar-refractivity contribution is -0.128. The van der Waals surface area contributed by atoms with Crippen molar-refractivity contribution in [2.24, 2.45) is 0 Å². The Labute approximate surface area is 206 Å². The average Bonchev–Trinajstić information content (AvgIpc) is 2.82. The molecule has 1 aliphatic rings. The topological polar surface area (TPSA) is 90.5 Å². The molecule has 0 atom stereocenters. The largest absolute Gasteiger partial charge is 0.376 e. The molecule has 3 N–H and O–H groups in total. The Morgan fingerprint density at radius 2 is 1.76 bits per heavy atom. The van der Waals surface area contributed by atoms with Gasteiger partial charge in [0.15, 0.2) is 0 Å². The number of carbonyl (C=O) groups excluding carboxylic acids is 3. The van der Waals surface area contributed by atoms with Crippen LogP contribution >= 0.6 is 11.6 Å². The number of rotatable bonds is 9. The van der Waals surface area contributed by atoms with Crippen LogP contribution < -0.4 is 16.0 Å². The molecule has 0 aromatic heterocycles. The zero-order valence-corrected chi connectivity index (χ0v) is 20.6. The fourth-order valence-electron chi connectivity index (χ4n) is 3.99. The highest BCUT2D eigenvalue weighted by molar-refractivity contribution is 6.34. The van der Waals surface area contributed by atoms with E-state index in [9.17, 15) is 14.4 Å². The number of anilines is 2. The summed E-state index contributed by atoms with van der Waals surface area (Å²) in [5.74, 6) is -0.340. The van der Waals surface area contributed by atoms with E-state index in [2.05, 4.69) is 16.0 Å². The minimum Gasteiger partial charge on any atom is -0.376 e. The molecule has 3 rings (SSSR count). The van der Waals surface area contributed by atoms with Gasteiger partial charge >= 0.3 is 0 Å². The van der Waals surface area contributed by atoms with Gasteiger partial charge in [-0.2, -0.15) is 0 Å². The zero-order valence-electron chi connectivity index (χ0n) is 19.8. The molecule has 1 fully saturated rings. The predicted molar refractivity (Wildman–Crippen MR) is 136 cm³/mol. The molecule has 0 heterocycles. The lowest BCUT2D eigenvalue weighted by Crippen LogP contribution is -2.36. The van der Waals surface area contributed by atoms with Crippen molar-refractivity contribution in [3.05, 3.63) is 58.6 Å². The van der Waals surface area contributed by atoms with Gasteiger partial charge in [0.25, 0.3) is 5.91 Å². The van der Waals surface area contributed by atoms with Crippen LogP contribution in [0.1, 0.15) is 54.4 Å². The first-order valence-corrected chi connectivity index (χ1v) is 12.1. The summed E-state index contributed by atoms with van der Waals surface area (Å²) in [5, 5.41) is 9.38. The van der Waals surface area contributed by atoms with E-state index < -0.39 is 0 Å². The minimum absolute atomic E-state index is 0.0364. The van der Waals surface area contributed by atoms with Crippen LogP contribution in [-0.2, 0) is 16.0 Å². The summed E-state index contributed by atoms with van der Waals surface area (Å²) in [6.07, 6.45) is 6.49. The molecule has 8 heteroatoms. The van der Waals surface area contributed by atoms with Gasteiger partial charge in [-0.25, -0.2) is 0 Å². The van der Waals surface area contributed by atoms with E-state index in [1.54, 1.807) is 37.2 Å². The van der Waals surface area contributed by atoms with Crippen molar-refractivity contribution in [1.29, 1.82) is 0 Å². The molecule has 2 aromatic carbocycles. The number of carbonyl (C=O) groups is 3. The lowest BCUT2D eigenvalue weighted by atomic mass is 9.95. The second-order valence-corrected chi connectivity index (χ2v) is 9.30. The Bertz CT molecular complexity index is 1020. The van der Waals surface area contributed by atoms with Gasteiger partial charge in [-0.15, -0.1) is 0 Å². The van der Waals surface area contributed by atoms with E-state index in [0.717, 1.165) is 31.2 Å². The molecule has 2 aromatic rings. The summed E-state index contributed by atoms with van der Waals surface area (Å²) in [6.45, 7) is 0.0364. The van der Waals surface area contributed by atoms with Gasteiger partial charge in [0, 0.05) is 37.9 Å². The molecule has 0 spiro atoms. The zero-order chi connectivity index (χ0) is 24.5. The van der Waals surface area contributed by atoms with Gasteiger partial charge < -0.3 is 20.9 Å². The number of amides is 3. The Balaban J connectivity index is 1.52. The standard InChI is InChI=1S/C26H33ClN4O3/c1-31(2)25(33)14-11-18-7-6-10-21(15-18)29-24(32)17-28-20-12-13-23(27)22(16-20)26(34)30-19-8-4-3-5-9-19/h6-7,10,12-13,15-16,19,28H,3-5,8-9,11,14,17H2,1-2H3,(H,29,32)(H,30,34). The molecule has 0 bridgehead atoms. The third-order valence-corrected chi connectivity index (χ3v) is 6.27. The molecule has 3 amide bonds. The van der Waals surface area contributed by atoms with Crippen LogP contribution in [0.4, 0.5) is 11.4 Å². The maximum atomic E-state index is 12.7. The van der Waals surface area contributed by atoms with E-state index >= 15 is 0 Å². The maximum Gasteiger partial charge on any atom is 0.253 e. The van der Waals surface area contributed by atoms with E-state index in [0.29, 0.717) is 34.8 Å². The van der Waals surface area contributed by atoms with Crippen LogP contribution in [0.5, 0.6) is 0 Å². The molecule has 34 heavy (non-hydrogen) atoms. The molecule has 7 nitrogen and oxygen atoms in total. The van der Waals surface area contributed by atoms with Crippen molar-refractivity contribution < 1.29 is 14.4 Å². The molecule has 1 aliphatic carbocycles. The summed E-state index contributed by atoms with van der Waals surface area (Å²) in [4.78, 5) is 38.5. The van der Waals surface area contributed by atoms with Crippen LogP contribution in [-0.4, -0.2) is 49.3 Å². The highest BCUT2D eigenvalue weighted by Crippen LogP contribution is 2.23.